The molecule has 0 saturated carbocycles. The summed E-state index contributed by atoms with van der Waals surface area (Å²) in [6.45, 7) is 2.60. The lowest BCUT2D eigenvalue weighted by Gasteiger charge is -2.12. The molecular weight excluding hydrogens is 375 g/mol. The first-order chi connectivity index (χ1) is 13.4. The van der Waals surface area contributed by atoms with Crippen molar-refractivity contribution >= 4 is 17.6 Å². The van der Waals surface area contributed by atoms with Gasteiger partial charge in [0.15, 0.2) is 17.5 Å². The largest absolute Gasteiger partial charge is 0.377 e. The van der Waals surface area contributed by atoms with E-state index in [-0.39, 0.29) is 6.54 Å². The number of hydrogen-bond donors (Lipinski definition) is 3. The quantitative estimate of drug-likeness (QED) is 0.601. The van der Waals surface area contributed by atoms with E-state index in [2.05, 4.69) is 16.0 Å². The lowest BCUT2D eigenvalue weighted by atomic mass is 10.1. The van der Waals surface area contributed by atoms with Crippen LogP contribution >= 0.6 is 0 Å². The van der Waals surface area contributed by atoms with Crippen molar-refractivity contribution in [3.63, 3.8) is 0 Å². The highest BCUT2D eigenvalue weighted by Gasteiger charge is 2.15. The SMILES string of the molecule is CCOCc1ccccc1CNC(=O)NCC(=O)Nc1ccc(F)c(F)c1F. The summed E-state index contributed by atoms with van der Waals surface area (Å²) in [6, 6.07) is 8.37. The van der Waals surface area contributed by atoms with Gasteiger partial charge in [-0.1, -0.05) is 24.3 Å². The minimum Gasteiger partial charge on any atom is -0.377 e. The summed E-state index contributed by atoms with van der Waals surface area (Å²) in [5.41, 5.74) is 1.27. The first-order valence-electron chi connectivity index (χ1n) is 8.52. The molecule has 0 unspecified atom stereocenters. The van der Waals surface area contributed by atoms with Gasteiger partial charge >= 0.3 is 6.03 Å². The second-order valence-corrected chi connectivity index (χ2v) is 5.71. The van der Waals surface area contributed by atoms with E-state index in [4.69, 9.17) is 4.74 Å². The average molecular weight is 395 g/mol. The number of carbonyl (C=O) groups excluding carboxylic acids is 2. The molecule has 0 radical (unpaired) electrons. The minimum atomic E-state index is -1.69. The summed E-state index contributed by atoms with van der Waals surface area (Å²) >= 11 is 0. The number of hydrogen-bond acceptors (Lipinski definition) is 3. The Morgan fingerprint density at radius 1 is 0.964 bits per heavy atom. The van der Waals surface area contributed by atoms with Crippen LogP contribution < -0.4 is 16.0 Å². The maximum Gasteiger partial charge on any atom is 0.315 e. The van der Waals surface area contributed by atoms with Gasteiger partial charge in [-0.15, -0.1) is 0 Å². The molecule has 0 bridgehead atoms. The maximum atomic E-state index is 13.5. The van der Waals surface area contributed by atoms with Gasteiger partial charge in [0, 0.05) is 13.2 Å². The summed E-state index contributed by atoms with van der Waals surface area (Å²) < 4.78 is 44.9. The average Bonchev–Trinajstić information content (AvgIpc) is 2.70. The number of ether oxygens (including phenoxy) is 1. The molecule has 2 aromatic carbocycles. The molecule has 2 aromatic rings. The number of amides is 3. The van der Waals surface area contributed by atoms with Crippen LogP contribution in [0.25, 0.3) is 0 Å². The van der Waals surface area contributed by atoms with E-state index >= 15 is 0 Å². The van der Waals surface area contributed by atoms with Crippen LogP contribution in [0.5, 0.6) is 0 Å². The van der Waals surface area contributed by atoms with Crippen LogP contribution in [0.1, 0.15) is 18.1 Å². The normalized spacial score (nSPS) is 10.4. The predicted molar refractivity (Wildman–Crippen MR) is 97.0 cm³/mol. The van der Waals surface area contributed by atoms with Crippen LogP contribution in [0.4, 0.5) is 23.7 Å². The standard InChI is InChI=1S/C19H20F3N3O3/c1-2-28-11-13-6-4-3-5-12(13)9-23-19(27)24-10-16(26)25-15-8-7-14(20)17(21)18(15)22/h3-8H,2,9-11H2,1H3,(H,25,26)(H2,23,24,27). The molecule has 0 atom stereocenters. The number of urea groups is 1. The van der Waals surface area contributed by atoms with Crippen LogP contribution in [0.2, 0.25) is 0 Å². The molecule has 0 aliphatic carbocycles. The van der Waals surface area contributed by atoms with Gasteiger partial charge < -0.3 is 20.7 Å². The lowest BCUT2D eigenvalue weighted by molar-refractivity contribution is -0.115. The highest BCUT2D eigenvalue weighted by atomic mass is 19.2. The smallest absolute Gasteiger partial charge is 0.315 e. The van der Waals surface area contributed by atoms with Crippen LogP contribution in [-0.2, 0) is 22.7 Å². The summed E-state index contributed by atoms with van der Waals surface area (Å²) in [5.74, 6) is -5.35. The Kier molecular flexibility index (Phi) is 7.82. The number of carbonyl (C=O) groups is 2. The van der Waals surface area contributed by atoms with E-state index in [1.54, 1.807) is 0 Å². The van der Waals surface area contributed by atoms with E-state index in [9.17, 15) is 22.8 Å². The van der Waals surface area contributed by atoms with Crippen molar-refractivity contribution in [2.75, 3.05) is 18.5 Å². The Morgan fingerprint density at radius 3 is 2.39 bits per heavy atom. The molecule has 6 nitrogen and oxygen atoms in total. The van der Waals surface area contributed by atoms with Gasteiger partial charge in [0.1, 0.15) is 0 Å². The topological polar surface area (TPSA) is 79.5 Å². The van der Waals surface area contributed by atoms with Gasteiger partial charge in [-0.05, 0) is 30.2 Å². The maximum absolute atomic E-state index is 13.5. The van der Waals surface area contributed by atoms with Gasteiger partial charge in [-0.25, -0.2) is 18.0 Å². The first-order valence-corrected chi connectivity index (χ1v) is 8.52. The van der Waals surface area contributed by atoms with E-state index in [1.165, 1.54) is 0 Å². The van der Waals surface area contributed by atoms with Crippen LogP contribution in [0, 0.1) is 17.5 Å². The summed E-state index contributed by atoms with van der Waals surface area (Å²) in [7, 11) is 0. The fraction of sp³-hybridized carbons (Fsp3) is 0.263. The molecule has 9 heteroatoms. The van der Waals surface area contributed by atoms with E-state index in [0.717, 1.165) is 17.2 Å². The Bertz CT molecular complexity index is 846. The summed E-state index contributed by atoms with van der Waals surface area (Å²) in [6.07, 6.45) is 0. The zero-order chi connectivity index (χ0) is 20.5. The number of halogens is 3. The molecule has 0 fully saturated rings. The Morgan fingerprint density at radius 2 is 1.68 bits per heavy atom. The number of nitrogens with one attached hydrogen (secondary N) is 3. The Balaban J connectivity index is 1.81. The van der Waals surface area contributed by atoms with Crippen molar-refractivity contribution in [3.8, 4) is 0 Å². The van der Waals surface area contributed by atoms with Crippen molar-refractivity contribution in [3.05, 3.63) is 65.0 Å². The van der Waals surface area contributed by atoms with Crippen molar-refractivity contribution in [1.82, 2.24) is 10.6 Å². The molecule has 2 rings (SSSR count). The third-order valence-electron chi connectivity index (χ3n) is 3.74. The third kappa shape index (κ3) is 5.98. The van der Waals surface area contributed by atoms with Crippen molar-refractivity contribution in [1.29, 1.82) is 0 Å². The van der Waals surface area contributed by atoms with Crippen molar-refractivity contribution in [2.45, 2.75) is 20.1 Å². The highest BCUT2D eigenvalue weighted by Crippen LogP contribution is 2.19. The number of benzene rings is 2. The molecule has 0 saturated heterocycles. The molecule has 0 heterocycles. The van der Waals surface area contributed by atoms with E-state index in [1.807, 2.05) is 31.2 Å². The fourth-order valence-electron chi connectivity index (χ4n) is 2.30. The van der Waals surface area contributed by atoms with Crippen molar-refractivity contribution in [2.24, 2.45) is 0 Å². The molecule has 28 heavy (non-hydrogen) atoms. The Hall–Kier alpha value is -3.07. The van der Waals surface area contributed by atoms with Crippen LogP contribution in [0.3, 0.4) is 0 Å². The minimum absolute atomic E-state index is 0.217. The summed E-state index contributed by atoms with van der Waals surface area (Å²) in [4.78, 5) is 23.6. The van der Waals surface area contributed by atoms with Gasteiger partial charge in [-0.2, -0.15) is 0 Å². The van der Waals surface area contributed by atoms with Gasteiger partial charge in [-0.3, -0.25) is 4.79 Å². The second-order valence-electron chi connectivity index (χ2n) is 5.71. The van der Waals surface area contributed by atoms with Gasteiger partial charge in [0.2, 0.25) is 5.91 Å². The highest BCUT2D eigenvalue weighted by molar-refractivity contribution is 5.94. The summed E-state index contributed by atoms with van der Waals surface area (Å²) in [5, 5.41) is 6.95. The number of rotatable bonds is 8. The van der Waals surface area contributed by atoms with Gasteiger partial charge in [0.25, 0.3) is 0 Å². The molecule has 0 aromatic heterocycles. The van der Waals surface area contributed by atoms with Crippen molar-refractivity contribution < 1.29 is 27.5 Å². The predicted octanol–water partition coefficient (Wildman–Crippen LogP) is 3.08. The van der Waals surface area contributed by atoms with Crippen LogP contribution in [-0.4, -0.2) is 25.1 Å². The van der Waals surface area contributed by atoms with E-state index in [0.29, 0.717) is 19.3 Å². The third-order valence-corrected chi connectivity index (χ3v) is 3.74. The molecule has 150 valence electrons. The molecule has 3 N–H and O–H groups in total. The van der Waals surface area contributed by atoms with E-state index < -0.39 is 41.6 Å². The lowest BCUT2D eigenvalue weighted by Crippen LogP contribution is -2.39. The fourth-order valence-corrected chi connectivity index (χ4v) is 2.30. The molecule has 3 amide bonds. The molecule has 0 spiro atoms. The zero-order valence-corrected chi connectivity index (χ0v) is 15.2. The first kappa shape index (κ1) is 21.2. The Labute approximate surface area is 160 Å². The zero-order valence-electron chi connectivity index (χ0n) is 15.2. The number of anilines is 1. The monoisotopic (exact) mass is 395 g/mol. The second kappa shape index (κ2) is 10.3. The van der Waals surface area contributed by atoms with Crippen LogP contribution in [0.15, 0.2) is 36.4 Å². The molecule has 0 aliphatic heterocycles. The van der Waals surface area contributed by atoms with Gasteiger partial charge in [0.05, 0.1) is 18.8 Å². The molecule has 0 aliphatic rings. The molecular formula is C19H20F3N3O3.